The molecule has 3 unspecified atom stereocenters. The van der Waals surface area contributed by atoms with Gasteiger partial charge >= 0.3 is 0 Å². The van der Waals surface area contributed by atoms with Crippen molar-refractivity contribution < 1.29 is 58.2 Å². The van der Waals surface area contributed by atoms with Gasteiger partial charge in [-0.2, -0.15) is 0 Å². The molecule has 0 radical (unpaired) electrons. The van der Waals surface area contributed by atoms with Crippen molar-refractivity contribution in [3.05, 3.63) is 35.9 Å². The van der Waals surface area contributed by atoms with E-state index in [4.69, 9.17) is 28.7 Å². The largest absolute Gasteiger partial charge is 0.391 e. The second-order valence-electron chi connectivity index (χ2n) is 19.9. The monoisotopic (exact) mass is 1070 g/mol. The fraction of sp³-hybridized carbons (Fsp3) is 0.673. The van der Waals surface area contributed by atoms with Crippen molar-refractivity contribution in [1.82, 2.24) is 53.2 Å². The zero-order valence-electron chi connectivity index (χ0n) is 43.9. The predicted octanol–water partition coefficient (Wildman–Crippen LogP) is -6.56. The number of hydrogen-bond donors (Lipinski definition) is 17. The molecule has 1 aliphatic carbocycles. The highest BCUT2D eigenvalue weighted by Gasteiger charge is 2.38. The van der Waals surface area contributed by atoms with Gasteiger partial charge in [0.25, 0.3) is 0 Å². The summed E-state index contributed by atoms with van der Waals surface area (Å²) in [5.41, 5.74) is 30.0. The summed E-state index contributed by atoms with van der Waals surface area (Å²) in [6, 6.07) is -4.75. The van der Waals surface area contributed by atoms with Gasteiger partial charge in [0.15, 0.2) is 0 Å². The summed E-state index contributed by atoms with van der Waals surface area (Å²) in [7, 11) is 0. The van der Waals surface area contributed by atoms with Gasteiger partial charge < -0.3 is 92.0 Å². The highest BCUT2D eigenvalue weighted by atomic mass is 16.3. The Balaban J connectivity index is 2.10. The molecule has 27 nitrogen and oxygen atoms in total. The van der Waals surface area contributed by atoms with Crippen LogP contribution in [-0.4, -0.2) is 175 Å². The molecule has 1 saturated heterocycles. The maximum absolute atomic E-state index is 14.4. The molecule has 0 spiro atoms. The average molecular weight is 1070 g/mol. The summed E-state index contributed by atoms with van der Waals surface area (Å²) in [5.74, 6) is -9.39. The van der Waals surface area contributed by atoms with E-state index in [0.29, 0.717) is 24.8 Å². The highest BCUT2D eigenvalue weighted by molar-refractivity contribution is 5.99. The first-order valence-electron chi connectivity index (χ1n) is 26.0. The van der Waals surface area contributed by atoms with E-state index < -0.39 is 145 Å². The van der Waals surface area contributed by atoms with Gasteiger partial charge in [0.2, 0.25) is 59.1 Å². The molecule has 0 aromatic heterocycles. The number of amides is 10. The first-order valence-corrected chi connectivity index (χ1v) is 26.0. The molecule has 2 fully saturated rings. The lowest BCUT2D eigenvalue weighted by Gasteiger charge is -2.28. The first-order chi connectivity index (χ1) is 36.0. The van der Waals surface area contributed by atoms with Crippen LogP contribution in [0.2, 0.25) is 0 Å². The molecule has 0 bridgehead atoms. The Kier molecular flexibility index (Phi) is 27.1. The molecular formula is C49H83N15O12. The van der Waals surface area contributed by atoms with Crippen LogP contribution in [0.15, 0.2) is 30.3 Å². The van der Waals surface area contributed by atoms with Crippen LogP contribution in [0.3, 0.4) is 0 Å². The molecule has 1 aliphatic heterocycles. The lowest BCUT2D eigenvalue weighted by atomic mass is 10.00. The van der Waals surface area contributed by atoms with Crippen LogP contribution >= 0.6 is 0 Å². The van der Waals surface area contributed by atoms with Crippen LogP contribution in [0.5, 0.6) is 0 Å². The molecule has 1 saturated carbocycles. The number of nitrogens with two attached hydrogens (primary N) is 5. The summed E-state index contributed by atoms with van der Waals surface area (Å²) < 4.78 is 0. The maximum atomic E-state index is 14.4. The number of rotatable bonds is 20. The van der Waals surface area contributed by atoms with Crippen LogP contribution in [0, 0.1) is 11.8 Å². The number of hydrogen-bond acceptors (Lipinski definition) is 17. The standard InChI is InChI=1S/C49H83N15O12/c1-25(2)22-36-46(73)58-31(12-17-50)41(68)57-34(15-20-53)45(72)64-38(26(3)65)48(75)55-21-16-35(44(71)56-32(13-18-51)43(70)62-37(47(74)61-36)23-28-8-6-5-7-9-28)59-42(69)33(14-19-52)60-49(76)39(27(4)66)63-40(67)29-10-11-30(54)24-29/h5-9,25-27,29-39,65-66H,10-24,50-54H2,1-4H3,(H,55,75)(H,56,71)(H,57,68)(H,58,73)(H,59,69)(H,60,76)(H,61,74)(H,62,70)(H,63,67)(H,64,72)/t26?,27?,29-,30+,31-,32-,33-,34-,35-,36-,37+,38?,39-/m0/s1. The van der Waals surface area contributed by atoms with Crippen LogP contribution in [0.1, 0.15) is 91.0 Å². The van der Waals surface area contributed by atoms with Gasteiger partial charge in [0.05, 0.1) is 12.2 Å². The van der Waals surface area contributed by atoms with Gasteiger partial charge in [0.1, 0.15) is 54.4 Å². The highest BCUT2D eigenvalue weighted by Crippen LogP contribution is 2.24. The normalized spacial score (nSPS) is 26.4. The summed E-state index contributed by atoms with van der Waals surface area (Å²) in [6.07, 6.45) is -2.69. The lowest BCUT2D eigenvalue weighted by molar-refractivity contribution is -0.137. The van der Waals surface area contributed by atoms with E-state index in [1.54, 1.807) is 44.2 Å². The molecule has 76 heavy (non-hydrogen) atoms. The third-order valence-corrected chi connectivity index (χ3v) is 12.9. The number of nitrogens with one attached hydrogen (secondary N) is 10. The van der Waals surface area contributed by atoms with E-state index in [9.17, 15) is 58.2 Å². The molecule has 27 heteroatoms. The fourth-order valence-corrected chi connectivity index (χ4v) is 8.71. The second-order valence-corrected chi connectivity index (χ2v) is 19.9. The summed E-state index contributed by atoms with van der Waals surface area (Å²) in [4.78, 5) is 139. The van der Waals surface area contributed by atoms with Gasteiger partial charge in [-0.1, -0.05) is 44.2 Å². The minimum absolute atomic E-state index is 0.0596. The van der Waals surface area contributed by atoms with Crippen LogP contribution in [-0.2, 0) is 54.4 Å². The van der Waals surface area contributed by atoms with Gasteiger partial charge in [-0.15, -0.1) is 0 Å². The van der Waals surface area contributed by atoms with Crippen LogP contribution in [0.4, 0.5) is 0 Å². The molecule has 2 aliphatic rings. The summed E-state index contributed by atoms with van der Waals surface area (Å²) in [5, 5.41) is 46.9. The van der Waals surface area contributed by atoms with E-state index >= 15 is 0 Å². The summed E-state index contributed by atoms with van der Waals surface area (Å²) in [6.45, 7) is 5.05. The van der Waals surface area contributed by atoms with Crippen LogP contribution < -0.4 is 81.8 Å². The number of aliphatic hydroxyl groups excluding tert-OH is 2. The quantitative estimate of drug-likeness (QED) is 0.0577. The van der Waals surface area contributed by atoms with E-state index in [0.717, 1.165) is 0 Å². The van der Waals surface area contributed by atoms with Crippen molar-refractivity contribution in [2.24, 2.45) is 40.5 Å². The zero-order chi connectivity index (χ0) is 56.6. The van der Waals surface area contributed by atoms with Crippen molar-refractivity contribution in [3.8, 4) is 0 Å². The minimum atomic E-state index is -1.66. The van der Waals surface area contributed by atoms with E-state index in [1.165, 1.54) is 13.8 Å². The third kappa shape index (κ3) is 20.6. The third-order valence-electron chi connectivity index (χ3n) is 12.9. The Morgan fingerprint density at radius 1 is 0.618 bits per heavy atom. The Labute approximate surface area is 443 Å². The van der Waals surface area contributed by atoms with Gasteiger partial charge in [-0.05, 0) is 109 Å². The SMILES string of the molecule is CC(C)C[C@@H]1NC(=O)[C@@H](Cc2ccccc2)NC(=O)[C@H](CCN)NC(=O)[C@@H](NC(=O)[C@H](CCN)NC(=O)[C@@H](NC(=O)[C@H]2CC[C@@H](N)C2)C(C)O)CCNC(=O)C(C(C)O)NC(=O)[C@H](CCN)NC(=O)[C@H](CCN)NC1=O. The second kappa shape index (κ2) is 32.3. The van der Waals surface area contributed by atoms with Crippen molar-refractivity contribution in [2.45, 2.75) is 165 Å². The van der Waals surface area contributed by atoms with Gasteiger partial charge in [-0.25, -0.2) is 0 Å². The molecule has 1 aromatic rings. The van der Waals surface area contributed by atoms with Crippen molar-refractivity contribution in [3.63, 3.8) is 0 Å². The zero-order valence-corrected chi connectivity index (χ0v) is 43.9. The summed E-state index contributed by atoms with van der Waals surface area (Å²) >= 11 is 0. The van der Waals surface area contributed by atoms with Crippen molar-refractivity contribution >= 4 is 59.1 Å². The molecule has 22 N–H and O–H groups in total. The molecule has 13 atom stereocenters. The molecule has 10 amide bonds. The maximum Gasteiger partial charge on any atom is 0.245 e. The number of carbonyl (C=O) groups excluding carboxylic acids is 10. The Bertz CT molecular complexity index is 2120. The van der Waals surface area contributed by atoms with Gasteiger partial charge in [-0.3, -0.25) is 47.9 Å². The lowest BCUT2D eigenvalue weighted by Crippen LogP contribution is -2.61. The predicted molar refractivity (Wildman–Crippen MR) is 278 cm³/mol. The Hall–Kier alpha value is -6.36. The molecule has 1 heterocycles. The Morgan fingerprint density at radius 2 is 1.13 bits per heavy atom. The van der Waals surface area contributed by atoms with E-state index in [2.05, 4.69) is 53.2 Å². The minimum Gasteiger partial charge on any atom is -0.391 e. The number of benzene rings is 1. The Morgan fingerprint density at radius 3 is 1.63 bits per heavy atom. The van der Waals surface area contributed by atoms with Crippen molar-refractivity contribution in [2.75, 3.05) is 32.7 Å². The molecular weight excluding hydrogens is 991 g/mol. The average Bonchev–Trinajstić information content (AvgIpc) is 3.81. The number of carbonyl (C=O) groups is 10. The van der Waals surface area contributed by atoms with E-state index in [1.807, 2.05) is 0 Å². The van der Waals surface area contributed by atoms with Crippen LogP contribution in [0.25, 0.3) is 0 Å². The molecule has 426 valence electrons. The number of aliphatic hydroxyl groups is 2. The van der Waals surface area contributed by atoms with E-state index in [-0.39, 0.29) is 76.7 Å². The van der Waals surface area contributed by atoms with Gasteiger partial charge in [0, 0.05) is 24.9 Å². The van der Waals surface area contributed by atoms with Crippen molar-refractivity contribution in [1.29, 1.82) is 0 Å². The fourth-order valence-electron chi connectivity index (χ4n) is 8.71. The first kappa shape index (κ1) is 63.9. The topological polar surface area (TPSA) is 462 Å². The molecule has 1 aromatic carbocycles. The smallest absolute Gasteiger partial charge is 0.245 e. The molecule has 3 rings (SSSR count).